The number of aromatic nitrogens is 1. The number of unbranched alkanes of at least 4 members (excludes halogenated alkanes) is 1. The first-order chi connectivity index (χ1) is 7.13. The number of hydrogen-bond donors (Lipinski definition) is 2. The number of nitrogens with one attached hydrogen (secondary N) is 1. The maximum atomic E-state index is 11.4. The Kier molecular flexibility index (Phi) is 4.71. The molecule has 0 spiro atoms. The number of carbonyl (C=O) groups excluding carboxylic acids is 1. The summed E-state index contributed by atoms with van der Waals surface area (Å²) in [5, 5.41) is 12.0. The molecular weight excluding hydrogens is 212 g/mol. The number of nitrogens with zero attached hydrogens (tertiary/aromatic N) is 1. The van der Waals surface area contributed by atoms with Crippen LogP contribution in [0.2, 0.25) is 0 Å². The first-order valence-corrected chi connectivity index (χ1v) is 5.80. The molecule has 1 heterocycles. The second-order valence-corrected chi connectivity index (χ2v) is 4.59. The van der Waals surface area contributed by atoms with E-state index in [4.69, 9.17) is 5.11 Å². The van der Waals surface area contributed by atoms with Crippen LogP contribution in [0.25, 0.3) is 0 Å². The Hall–Kier alpha value is -0.940. The largest absolute Gasteiger partial charge is 0.396 e. The third-order valence-corrected chi connectivity index (χ3v) is 3.08. The molecule has 0 unspecified atom stereocenters. The van der Waals surface area contributed by atoms with Gasteiger partial charge in [-0.2, -0.15) is 0 Å². The number of aliphatic hydroxyl groups excluding tert-OH is 1. The first kappa shape index (κ1) is 12.1. The molecule has 0 saturated carbocycles. The van der Waals surface area contributed by atoms with E-state index < -0.39 is 0 Å². The van der Waals surface area contributed by atoms with E-state index in [-0.39, 0.29) is 12.5 Å². The van der Waals surface area contributed by atoms with E-state index in [2.05, 4.69) is 10.3 Å². The minimum absolute atomic E-state index is 0.0304. The van der Waals surface area contributed by atoms with Gasteiger partial charge in [-0.15, -0.1) is 11.3 Å². The molecular formula is C10H16N2O2S. The maximum absolute atomic E-state index is 11.4. The molecule has 0 aliphatic rings. The van der Waals surface area contributed by atoms with Crippen LogP contribution in [0.1, 0.15) is 29.8 Å². The predicted octanol–water partition coefficient (Wildman–Crippen LogP) is 1.86. The normalized spacial score (nSPS) is 10.3. The van der Waals surface area contributed by atoms with E-state index in [1.165, 1.54) is 11.3 Å². The third kappa shape index (κ3) is 3.97. The molecule has 15 heavy (non-hydrogen) atoms. The number of aryl methyl sites for hydroxylation is 2. The quantitative estimate of drug-likeness (QED) is 0.756. The fraction of sp³-hybridized carbons (Fsp3) is 0.600. The topological polar surface area (TPSA) is 62.2 Å². The molecule has 0 radical (unpaired) electrons. The van der Waals surface area contributed by atoms with Crippen molar-refractivity contribution in [2.75, 3.05) is 11.9 Å². The molecule has 0 fully saturated rings. The van der Waals surface area contributed by atoms with Crippen LogP contribution in [0, 0.1) is 13.8 Å². The van der Waals surface area contributed by atoms with E-state index in [1.54, 1.807) is 0 Å². The Morgan fingerprint density at radius 1 is 1.47 bits per heavy atom. The van der Waals surface area contributed by atoms with Crippen molar-refractivity contribution in [3.63, 3.8) is 0 Å². The Morgan fingerprint density at radius 2 is 2.20 bits per heavy atom. The molecule has 2 N–H and O–H groups in total. The zero-order chi connectivity index (χ0) is 11.3. The summed E-state index contributed by atoms with van der Waals surface area (Å²) in [7, 11) is 0. The standard InChI is InChI=1S/C10H16N2O2S/c1-7-8(2)15-10(11-7)12-9(14)5-3-4-6-13/h13H,3-6H2,1-2H3,(H,11,12,14). The van der Waals surface area contributed by atoms with Crippen molar-refractivity contribution in [3.05, 3.63) is 10.6 Å². The Labute approximate surface area is 93.4 Å². The highest BCUT2D eigenvalue weighted by Crippen LogP contribution is 2.21. The number of amides is 1. The number of aliphatic hydroxyl groups is 1. The highest BCUT2D eigenvalue weighted by molar-refractivity contribution is 7.15. The maximum Gasteiger partial charge on any atom is 0.226 e. The Morgan fingerprint density at radius 3 is 2.73 bits per heavy atom. The van der Waals surface area contributed by atoms with Crippen molar-refractivity contribution >= 4 is 22.4 Å². The van der Waals surface area contributed by atoms with Crippen molar-refractivity contribution in [2.45, 2.75) is 33.1 Å². The van der Waals surface area contributed by atoms with Gasteiger partial charge in [0.25, 0.3) is 0 Å². The van der Waals surface area contributed by atoms with Gasteiger partial charge in [0.05, 0.1) is 5.69 Å². The summed E-state index contributed by atoms with van der Waals surface area (Å²) in [5.41, 5.74) is 0.964. The number of hydrogen-bond acceptors (Lipinski definition) is 4. The Bertz CT molecular complexity index is 317. The lowest BCUT2D eigenvalue weighted by Gasteiger charge is -1.99. The zero-order valence-corrected chi connectivity index (χ0v) is 9.86. The zero-order valence-electron chi connectivity index (χ0n) is 9.04. The SMILES string of the molecule is Cc1nc(NC(=O)CCCCO)sc1C. The van der Waals surface area contributed by atoms with Crippen LogP contribution < -0.4 is 5.32 Å². The van der Waals surface area contributed by atoms with Gasteiger partial charge in [0.1, 0.15) is 0 Å². The van der Waals surface area contributed by atoms with Crippen LogP contribution in [0.4, 0.5) is 5.13 Å². The molecule has 1 rings (SSSR count). The third-order valence-electron chi connectivity index (χ3n) is 2.09. The van der Waals surface area contributed by atoms with E-state index in [1.807, 2.05) is 13.8 Å². The molecule has 0 bridgehead atoms. The van der Waals surface area contributed by atoms with Gasteiger partial charge >= 0.3 is 0 Å². The lowest BCUT2D eigenvalue weighted by atomic mass is 10.2. The molecule has 84 valence electrons. The summed E-state index contributed by atoms with van der Waals surface area (Å²) in [6, 6.07) is 0. The number of thiazole rings is 1. The monoisotopic (exact) mass is 228 g/mol. The van der Waals surface area contributed by atoms with Gasteiger partial charge in [0, 0.05) is 17.9 Å². The van der Waals surface area contributed by atoms with Crippen LogP contribution in [0.5, 0.6) is 0 Å². The van der Waals surface area contributed by atoms with Gasteiger partial charge < -0.3 is 10.4 Å². The minimum Gasteiger partial charge on any atom is -0.396 e. The summed E-state index contributed by atoms with van der Waals surface area (Å²) in [5.74, 6) is -0.0304. The number of carbonyl (C=O) groups is 1. The van der Waals surface area contributed by atoms with Crippen LogP contribution in [-0.2, 0) is 4.79 Å². The average Bonchev–Trinajstić information content (AvgIpc) is 2.46. The van der Waals surface area contributed by atoms with Crippen LogP contribution >= 0.6 is 11.3 Å². The molecule has 0 atom stereocenters. The average molecular weight is 228 g/mol. The summed E-state index contributed by atoms with van der Waals surface area (Å²) in [6.45, 7) is 4.05. The van der Waals surface area contributed by atoms with Crippen molar-refractivity contribution in [1.82, 2.24) is 4.98 Å². The molecule has 0 aromatic carbocycles. The second-order valence-electron chi connectivity index (χ2n) is 3.39. The lowest BCUT2D eigenvalue weighted by molar-refractivity contribution is -0.116. The van der Waals surface area contributed by atoms with E-state index in [0.717, 1.165) is 10.6 Å². The van der Waals surface area contributed by atoms with Crippen LogP contribution in [0.3, 0.4) is 0 Å². The molecule has 5 heteroatoms. The van der Waals surface area contributed by atoms with E-state index in [9.17, 15) is 4.79 Å². The predicted molar refractivity (Wildman–Crippen MR) is 61.2 cm³/mol. The smallest absolute Gasteiger partial charge is 0.226 e. The summed E-state index contributed by atoms with van der Waals surface area (Å²) < 4.78 is 0. The molecule has 0 aliphatic carbocycles. The number of anilines is 1. The molecule has 0 aliphatic heterocycles. The van der Waals surface area contributed by atoms with Crippen LogP contribution in [0.15, 0.2) is 0 Å². The van der Waals surface area contributed by atoms with Gasteiger partial charge in [-0.05, 0) is 26.7 Å². The van der Waals surface area contributed by atoms with Crippen molar-refractivity contribution in [3.8, 4) is 0 Å². The fourth-order valence-electron chi connectivity index (χ4n) is 1.11. The summed E-state index contributed by atoms with van der Waals surface area (Å²) in [6.07, 6.45) is 1.83. The van der Waals surface area contributed by atoms with Crippen molar-refractivity contribution in [2.24, 2.45) is 0 Å². The molecule has 1 amide bonds. The second kappa shape index (κ2) is 5.82. The van der Waals surface area contributed by atoms with Crippen molar-refractivity contribution in [1.29, 1.82) is 0 Å². The number of rotatable bonds is 5. The Balaban J connectivity index is 2.37. The van der Waals surface area contributed by atoms with Crippen LogP contribution in [-0.4, -0.2) is 22.6 Å². The summed E-state index contributed by atoms with van der Waals surface area (Å²) >= 11 is 1.49. The molecule has 0 saturated heterocycles. The van der Waals surface area contributed by atoms with Gasteiger partial charge in [0.2, 0.25) is 5.91 Å². The molecule has 1 aromatic heterocycles. The van der Waals surface area contributed by atoms with Gasteiger partial charge in [-0.1, -0.05) is 0 Å². The van der Waals surface area contributed by atoms with E-state index in [0.29, 0.717) is 24.4 Å². The van der Waals surface area contributed by atoms with Gasteiger partial charge in [-0.3, -0.25) is 4.79 Å². The molecule has 1 aromatic rings. The highest BCUT2D eigenvalue weighted by atomic mass is 32.1. The van der Waals surface area contributed by atoms with E-state index >= 15 is 0 Å². The lowest BCUT2D eigenvalue weighted by Crippen LogP contribution is -2.11. The summed E-state index contributed by atoms with van der Waals surface area (Å²) in [4.78, 5) is 16.7. The fourth-order valence-corrected chi connectivity index (χ4v) is 1.94. The first-order valence-electron chi connectivity index (χ1n) is 4.98. The minimum atomic E-state index is -0.0304. The molecule has 4 nitrogen and oxygen atoms in total. The van der Waals surface area contributed by atoms with Crippen molar-refractivity contribution < 1.29 is 9.90 Å². The highest BCUT2D eigenvalue weighted by Gasteiger charge is 2.07. The van der Waals surface area contributed by atoms with Gasteiger partial charge in [-0.25, -0.2) is 4.98 Å². The van der Waals surface area contributed by atoms with Gasteiger partial charge in [0.15, 0.2) is 5.13 Å².